The molecule has 3 rings (SSSR count). The smallest absolute Gasteiger partial charge is 0.323 e. The van der Waals surface area contributed by atoms with Gasteiger partial charge >= 0.3 is 5.97 Å². The number of benzene rings is 1. The van der Waals surface area contributed by atoms with Crippen LogP contribution in [0.3, 0.4) is 0 Å². The normalized spacial score (nSPS) is 13.2. The molecular weight excluding hydrogens is 288 g/mol. The number of carboxylic acids is 1. The summed E-state index contributed by atoms with van der Waals surface area (Å²) in [5.74, 6) is -1.65. The molecule has 7 nitrogen and oxygen atoms in total. The highest BCUT2D eigenvalue weighted by molar-refractivity contribution is 6.22. The average Bonchev–Trinajstić information content (AvgIpc) is 2.73. The maximum absolute atomic E-state index is 12.1. The molecular formula is C15H10N2O5. The van der Waals surface area contributed by atoms with Crippen LogP contribution in [0.25, 0.3) is 0 Å². The maximum atomic E-state index is 12.1. The lowest BCUT2D eigenvalue weighted by molar-refractivity contribution is -0.137. The zero-order valence-electron chi connectivity index (χ0n) is 11.2. The Kier molecular flexibility index (Phi) is 3.30. The van der Waals surface area contributed by atoms with Gasteiger partial charge in [0.15, 0.2) is 0 Å². The highest BCUT2D eigenvalue weighted by Crippen LogP contribution is 2.29. The summed E-state index contributed by atoms with van der Waals surface area (Å²) in [4.78, 5) is 39.5. The van der Waals surface area contributed by atoms with Crippen molar-refractivity contribution in [1.82, 2.24) is 9.88 Å². The lowest BCUT2D eigenvalue weighted by atomic mass is 10.1. The fourth-order valence-electron chi connectivity index (χ4n) is 2.16. The Balaban J connectivity index is 1.90. The van der Waals surface area contributed by atoms with E-state index in [1.165, 1.54) is 18.3 Å². The van der Waals surface area contributed by atoms with Crippen LogP contribution in [0.5, 0.6) is 11.5 Å². The van der Waals surface area contributed by atoms with Gasteiger partial charge in [0, 0.05) is 6.20 Å². The minimum atomic E-state index is -1.25. The molecule has 0 saturated carbocycles. The van der Waals surface area contributed by atoms with Gasteiger partial charge in [-0.1, -0.05) is 0 Å². The molecule has 1 aliphatic heterocycles. The first-order valence-corrected chi connectivity index (χ1v) is 6.36. The van der Waals surface area contributed by atoms with Crippen LogP contribution in [0.2, 0.25) is 0 Å². The van der Waals surface area contributed by atoms with Gasteiger partial charge in [-0.3, -0.25) is 24.3 Å². The van der Waals surface area contributed by atoms with Crippen molar-refractivity contribution in [3.05, 3.63) is 53.9 Å². The Bertz CT molecular complexity index is 773. The van der Waals surface area contributed by atoms with Gasteiger partial charge in [-0.05, 0) is 30.3 Å². The lowest BCUT2D eigenvalue weighted by Gasteiger charge is -2.09. The molecule has 0 unspecified atom stereocenters. The van der Waals surface area contributed by atoms with Crippen LogP contribution in [-0.2, 0) is 4.79 Å². The van der Waals surface area contributed by atoms with Crippen molar-refractivity contribution < 1.29 is 24.2 Å². The molecule has 2 amide bonds. The highest BCUT2D eigenvalue weighted by atomic mass is 16.5. The zero-order valence-corrected chi connectivity index (χ0v) is 11.2. The number of aliphatic carboxylic acids is 1. The van der Waals surface area contributed by atoms with E-state index in [1.807, 2.05) is 0 Å². The topological polar surface area (TPSA) is 96.8 Å². The van der Waals surface area contributed by atoms with Crippen LogP contribution >= 0.6 is 0 Å². The Hall–Kier alpha value is -3.22. The summed E-state index contributed by atoms with van der Waals surface area (Å²) in [6.07, 6.45) is 3.11. The lowest BCUT2D eigenvalue weighted by Crippen LogP contribution is -2.34. The predicted octanol–water partition coefficient (Wildman–Crippen LogP) is 1.55. The molecule has 1 aromatic heterocycles. The Labute approximate surface area is 124 Å². The Morgan fingerprint density at radius 3 is 2.59 bits per heavy atom. The van der Waals surface area contributed by atoms with Crippen molar-refractivity contribution in [2.45, 2.75) is 0 Å². The molecule has 0 aliphatic carbocycles. The van der Waals surface area contributed by atoms with E-state index >= 15 is 0 Å². The van der Waals surface area contributed by atoms with Crippen molar-refractivity contribution in [3.8, 4) is 11.5 Å². The van der Waals surface area contributed by atoms with Crippen LogP contribution in [-0.4, -0.2) is 39.3 Å². The Morgan fingerprint density at radius 1 is 1.14 bits per heavy atom. The molecule has 1 N–H and O–H groups in total. The van der Waals surface area contributed by atoms with Crippen LogP contribution in [0, 0.1) is 0 Å². The third-order valence-electron chi connectivity index (χ3n) is 3.11. The van der Waals surface area contributed by atoms with Crippen molar-refractivity contribution >= 4 is 17.8 Å². The van der Waals surface area contributed by atoms with E-state index < -0.39 is 24.3 Å². The molecule has 7 heteroatoms. The number of hydrogen-bond acceptors (Lipinski definition) is 5. The number of rotatable bonds is 4. The number of ether oxygens (including phenoxy) is 1. The second kappa shape index (κ2) is 5.28. The first-order chi connectivity index (χ1) is 10.6. The summed E-state index contributed by atoms with van der Waals surface area (Å²) >= 11 is 0. The van der Waals surface area contributed by atoms with Crippen molar-refractivity contribution in [3.63, 3.8) is 0 Å². The fourth-order valence-corrected chi connectivity index (χ4v) is 2.16. The summed E-state index contributed by atoms with van der Waals surface area (Å²) in [5.41, 5.74) is 0.303. The first kappa shape index (κ1) is 13.7. The van der Waals surface area contributed by atoms with Crippen molar-refractivity contribution in [2.24, 2.45) is 0 Å². The molecule has 0 fully saturated rings. The summed E-state index contributed by atoms with van der Waals surface area (Å²) < 4.78 is 5.54. The van der Waals surface area contributed by atoms with Crippen molar-refractivity contribution in [2.75, 3.05) is 6.54 Å². The van der Waals surface area contributed by atoms with Crippen LogP contribution in [0.4, 0.5) is 0 Å². The number of amides is 2. The van der Waals surface area contributed by atoms with Gasteiger partial charge in [0.2, 0.25) is 0 Å². The number of imide groups is 1. The predicted molar refractivity (Wildman–Crippen MR) is 73.8 cm³/mol. The number of carbonyl (C=O) groups is 3. The van der Waals surface area contributed by atoms with Gasteiger partial charge in [0.25, 0.3) is 11.8 Å². The monoisotopic (exact) mass is 298 g/mol. The minimum absolute atomic E-state index is 0.132. The largest absolute Gasteiger partial charge is 0.480 e. The number of nitrogens with zero attached hydrogens (tertiary/aromatic N) is 2. The van der Waals surface area contributed by atoms with Gasteiger partial charge in [-0.2, -0.15) is 0 Å². The molecule has 0 spiro atoms. The molecule has 2 heterocycles. The summed E-state index contributed by atoms with van der Waals surface area (Å²) in [5, 5.41) is 8.76. The van der Waals surface area contributed by atoms with E-state index in [0.717, 1.165) is 0 Å². The highest BCUT2D eigenvalue weighted by Gasteiger charge is 2.36. The molecule has 110 valence electrons. The third kappa shape index (κ3) is 2.39. The number of carbonyl (C=O) groups excluding carboxylic acids is 2. The zero-order chi connectivity index (χ0) is 15.7. The van der Waals surface area contributed by atoms with E-state index in [4.69, 9.17) is 9.84 Å². The number of pyridine rings is 1. The van der Waals surface area contributed by atoms with E-state index in [1.54, 1.807) is 24.4 Å². The van der Waals surface area contributed by atoms with Crippen molar-refractivity contribution in [1.29, 1.82) is 0 Å². The van der Waals surface area contributed by atoms with Gasteiger partial charge in [0.1, 0.15) is 18.0 Å². The SMILES string of the molecule is O=C(O)CN1C(=O)c2ccc(Oc3cccnc3)cc2C1=O. The van der Waals surface area contributed by atoms with E-state index in [9.17, 15) is 14.4 Å². The Morgan fingerprint density at radius 2 is 1.91 bits per heavy atom. The molecule has 0 radical (unpaired) electrons. The first-order valence-electron chi connectivity index (χ1n) is 6.36. The molecule has 0 atom stereocenters. The molecule has 0 saturated heterocycles. The van der Waals surface area contributed by atoms with E-state index in [0.29, 0.717) is 16.4 Å². The number of carboxylic acid groups (broad SMARTS) is 1. The van der Waals surface area contributed by atoms with Gasteiger partial charge in [-0.15, -0.1) is 0 Å². The summed E-state index contributed by atoms with van der Waals surface area (Å²) in [6.45, 7) is -0.662. The molecule has 0 bridgehead atoms. The molecule has 1 aromatic carbocycles. The standard InChI is InChI=1S/C15H10N2O5/c18-13(19)8-17-14(20)11-4-3-9(6-12(11)15(17)21)22-10-2-1-5-16-7-10/h1-7H,8H2,(H,18,19). The fraction of sp³-hybridized carbons (Fsp3) is 0.0667. The molecule has 1 aliphatic rings. The quantitative estimate of drug-likeness (QED) is 0.860. The maximum Gasteiger partial charge on any atom is 0.323 e. The second-order valence-corrected chi connectivity index (χ2v) is 4.59. The van der Waals surface area contributed by atoms with Crippen LogP contribution < -0.4 is 4.74 Å². The van der Waals surface area contributed by atoms with E-state index in [-0.39, 0.29) is 11.1 Å². The van der Waals surface area contributed by atoms with Gasteiger partial charge in [0.05, 0.1) is 17.3 Å². The number of aromatic nitrogens is 1. The third-order valence-corrected chi connectivity index (χ3v) is 3.11. The number of hydrogen-bond donors (Lipinski definition) is 1. The number of fused-ring (bicyclic) bond motifs is 1. The average molecular weight is 298 g/mol. The van der Waals surface area contributed by atoms with Gasteiger partial charge in [-0.25, -0.2) is 0 Å². The summed E-state index contributed by atoms with van der Waals surface area (Å²) in [6, 6.07) is 7.81. The van der Waals surface area contributed by atoms with Crippen LogP contribution in [0.15, 0.2) is 42.7 Å². The summed E-state index contributed by atoms with van der Waals surface area (Å²) in [7, 11) is 0. The molecule has 2 aromatic rings. The van der Waals surface area contributed by atoms with Crippen LogP contribution in [0.1, 0.15) is 20.7 Å². The second-order valence-electron chi connectivity index (χ2n) is 4.59. The minimum Gasteiger partial charge on any atom is -0.480 e. The van der Waals surface area contributed by atoms with E-state index in [2.05, 4.69) is 4.98 Å². The van der Waals surface area contributed by atoms with Gasteiger partial charge < -0.3 is 9.84 Å². The molecule has 22 heavy (non-hydrogen) atoms.